The summed E-state index contributed by atoms with van der Waals surface area (Å²) in [5.41, 5.74) is 5.47. The molecule has 4 bridgehead atoms. The van der Waals surface area contributed by atoms with Gasteiger partial charge in [0.25, 0.3) is 0 Å². The highest BCUT2D eigenvalue weighted by Gasteiger charge is 2.51. The summed E-state index contributed by atoms with van der Waals surface area (Å²) in [6.45, 7) is 4.93. The second kappa shape index (κ2) is 9.72. The minimum Gasteiger partial charge on any atom is -0.478 e. The second-order valence-corrected chi connectivity index (χ2v) is 13.1. The number of aryl methyl sites for hydroxylation is 1. The summed E-state index contributed by atoms with van der Waals surface area (Å²) in [5, 5.41) is 27.2. The van der Waals surface area contributed by atoms with Crippen LogP contribution < -0.4 is 5.32 Å². The van der Waals surface area contributed by atoms with Crippen molar-refractivity contribution in [1.82, 2.24) is 34.3 Å². The lowest BCUT2D eigenvalue weighted by Crippen LogP contribution is -2.48. The van der Waals surface area contributed by atoms with Crippen LogP contribution in [0.3, 0.4) is 0 Å². The molecule has 0 aliphatic heterocycles. The Morgan fingerprint density at radius 2 is 1.77 bits per heavy atom. The molecule has 10 heteroatoms. The summed E-state index contributed by atoms with van der Waals surface area (Å²) in [7, 11) is 0. The molecule has 0 aromatic carbocycles. The number of nitrogens with one attached hydrogen (secondary N) is 1. The smallest absolute Gasteiger partial charge is 0.340 e. The summed E-state index contributed by atoms with van der Waals surface area (Å²) < 4.78 is 3.91. The van der Waals surface area contributed by atoms with Crippen molar-refractivity contribution in [3.63, 3.8) is 0 Å². The van der Waals surface area contributed by atoms with E-state index in [2.05, 4.69) is 37.1 Å². The van der Waals surface area contributed by atoms with Crippen molar-refractivity contribution in [1.29, 1.82) is 0 Å². The predicted molar refractivity (Wildman–Crippen MR) is 162 cm³/mol. The van der Waals surface area contributed by atoms with Gasteiger partial charge in [0, 0.05) is 35.8 Å². The number of fused-ring (bicyclic) bond motifs is 1. The van der Waals surface area contributed by atoms with Crippen LogP contribution in [0, 0.1) is 37.0 Å². The largest absolute Gasteiger partial charge is 0.478 e. The third-order valence-corrected chi connectivity index (χ3v) is 10.1. The van der Waals surface area contributed by atoms with Gasteiger partial charge in [0.15, 0.2) is 11.5 Å². The average Bonchev–Trinajstić information content (AvgIpc) is 3.56. The molecule has 9 rings (SSSR count). The molecule has 4 saturated carbocycles. The summed E-state index contributed by atoms with van der Waals surface area (Å²) in [6.07, 6.45) is 15.2. The van der Waals surface area contributed by atoms with E-state index in [1.807, 2.05) is 49.6 Å². The molecule has 4 fully saturated rings. The van der Waals surface area contributed by atoms with Gasteiger partial charge in [-0.1, -0.05) is 6.07 Å². The summed E-state index contributed by atoms with van der Waals surface area (Å²) in [5.74, 6) is 2.88. The molecule has 0 saturated heterocycles. The number of anilines is 2. The molecule has 0 amide bonds. The molecule has 218 valence electrons. The first-order valence-corrected chi connectivity index (χ1v) is 15.1. The number of hydrogen-bond donors (Lipinski definition) is 2. The fraction of sp³-hybridized carbons (Fsp3) is 0.394. The molecule has 43 heavy (non-hydrogen) atoms. The first kappa shape index (κ1) is 26.1. The Kier molecular flexibility index (Phi) is 5.89. The maximum absolute atomic E-state index is 12.7. The van der Waals surface area contributed by atoms with Gasteiger partial charge in [-0.25, -0.2) is 14.8 Å². The second-order valence-electron chi connectivity index (χ2n) is 13.1. The maximum atomic E-state index is 12.7. The number of hydrogen-bond acceptors (Lipinski definition) is 7. The third-order valence-electron chi connectivity index (χ3n) is 10.1. The van der Waals surface area contributed by atoms with Crippen molar-refractivity contribution >= 4 is 23.3 Å². The minimum atomic E-state index is -1.02. The van der Waals surface area contributed by atoms with Gasteiger partial charge in [-0.2, -0.15) is 5.10 Å². The number of carboxylic acid groups (broad SMARTS) is 1. The molecule has 4 aliphatic rings. The SMILES string of the molecule is Cc1cc(-c2cnc3c(C(=O)O)c(-c4cnn(CC56CC7CC(CC(C7)C5)C6)c4C)ccn23)nnc1Nc1ccccn1. The van der Waals surface area contributed by atoms with E-state index in [9.17, 15) is 9.90 Å². The molecule has 2 N–H and O–H groups in total. The van der Waals surface area contributed by atoms with E-state index in [1.54, 1.807) is 16.8 Å². The quantitative estimate of drug-likeness (QED) is 0.231. The minimum absolute atomic E-state index is 0.157. The van der Waals surface area contributed by atoms with Crippen molar-refractivity contribution in [2.45, 2.75) is 58.9 Å². The Morgan fingerprint density at radius 1 is 1.00 bits per heavy atom. The van der Waals surface area contributed by atoms with E-state index in [0.29, 0.717) is 39.6 Å². The fourth-order valence-corrected chi connectivity index (χ4v) is 8.64. The maximum Gasteiger partial charge on any atom is 0.340 e. The van der Waals surface area contributed by atoms with Gasteiger partial charge < -0.3 is 10.4 Å². The number of rotatable bonds is 7. The van der Waals surface area contributed by atoms with Crippen LogP contribution in [-0.4, -0.2) is 45.4 Å². The van der Waals surface area contributed by atoms with Crippen LogP contribution in [0.4, 0.5) is 11.6 Å². The Balaban J connectivity index is 1.12. The predicted octanol–water partition coefficient (Wildman–Crippen LogP) is 6.32. The fourth-order valence-electron chi connectivity index (χ4n) is 8.64. The van der Waals surface area contributed by atoms with Gasteiger partial charge in [0.2, 0.25) is 0 Å². The number of carboxylic acids is 1. The average molecular weight is 575 g/mol. The molecule has 5 aromatic heterocycles. The Labute approximate surface area is 249 Å². The normalized spacial score (nSPS) is 24.1. The molecule has 0 unspecified atom stereocenters. The van der Waals surface area contributed by atoms with Gasteiger partial charge in [0.1, 0.15) is 17.1 Å². The lowest BCUT2D eigenvalue weighted by atomic mass is 9.49. The van der Waals surface area contributed by atoms with Gasteiger partial charge in [-0.15, -0.1) is 10.2 Å². The highest BCUT2D eigenvalue weighted by molar-refractivity contribution is 6.02. The van der Waals surface area contributed by atoms with E-state index in [4.69, 9.17) is 5.10 Å². The van der Waals surface area contributed by atoms with Crippen molar-refractivity contribution in [2.75, 3.05) is 5.32 Å². The van der Waals surface area contributed by atoms with Crippen LogP contribution in [0.1, 0.15) is 60.1 Å². The lowest BCUT2D eigenvalue weighted by Gasteiger charge is -2.56. The van der Waals surface area contributed by atoms with Crippen LogP contribution in [-0.2, 0) is 6.54 Å². The number of aromatic carboxylic acids is 1. The van der Waals surface area contributed by atoms with E-state index >= 15 is 0 Å². The zero-order valence-corrected chi connectivity index (χ0v) is 24.4. The van der Waals surface area contributed by atoms with Crippen molar-refractivity contribution in [2.24, 2.45) is 23.2 Å². The van der Waals surface area contributed by atoms with Crippen molar-refractivity contribution < 1.29 is 9.90 Å². The first-order chi connectivity index (χ1) is 20.9. The molecule has 5 heterocycles. The molecule has 5 aromatic rings. The molecular formula is C33H34N8O2. The van der Waals surface area contributed by atoms with Gasteiger partial charge >= 0.3 is 5.97 Å². The Bertz CT molecular complexity index is 1840. The monoisotopic (exact) mass is 574 g/mol. The summed E-state index contributed by atoms with van der Waals surface area (Å²) >= 11 is 0. The van der Waals surface area contributed by atoms with Crippen LogP contribution in [0.5, 0.6) is 0 Å². The van der Waals surface area contributed by atoms with Crippen LogP contribution in [0.15, 0.2) is 55.1 Å². The van der Waals surface area contributed by atoms with Gasteiger partial charge in [0.05, 0.1) is 18.1 Å². The van der Waals surface area contributed by atoms with Gasteiger partial charge in [-0.3, -0.25) is 9.08 Å². The number of imidazole rings is 1. The highest BCUT2D eigenvalue weighted by Crippen LogP contribution is 2.60. The molecule has 0 radical (unpaired) electrons. The van der Waals surface area contributed by atoms with Crippen molar-refractivity contribution in [3.8, 4) is 22.5 Å². The topological polar surface area (TPSA) is 123 Å². The zero-order valence-electron chi connectivity index (χ0n) is 24.4. The Hall–Kier alpha value is -4.60. The first-order valence-electron chi connectivity index (χ1n) is 15.1. The van der Waals surface area contributed by atoms with Crippen LogP contribution >= 0.6 is 0 Å². The number of nitrogens with zero attached hydrogens (tertiary/aromatic N) is 7. The lowest BCUT2D eigenvalue weighted by molar-refractivity contribution is -0.0638. The molecular weight excluding hydrogens is 540 g/mol. The highest BCUT2D eigenvalue weighted by atomic mass is 16.4. The van der Waals surface area contributed by atoms with E-state index < -0.39 is 5.97 Å². The molecule has 0 spiro atoms. The van der Waals surface area contributed by atoms with Gasteiger partial charge in [-0.05, 0) is 105 Å². The summed E-state index contributed by atoms with van der Waals surface area (Å²) in [6, 6.07) is 9.38. The van der Waals surface area contributed by atoms with Crippen LogP contribution in [0.25, 0.3) is 28.2 Å². The molecule has 0 atom stereocenters. The Morgan fingerprint density at radius 3 is 2.44 bits per heavy atom. The number of aromatic nitrogens is 7. The standard InChI is InChI=1S/C33H34N8O2/c1-19-9-26(38-39-30(19)37-28-5-3-4-7-34-28)27-17-35-31-29(32(42)43)24(6-8-40(27)31)25-16-36-41(20(25)2)18-33-13-21-10-22(14-33)12-23(11-21)15-33/h3-9,16-17,21-23H,10-15,18H2,1-2H3,(H,42,43)(H,34,37,39). The van der Waals surface area contributed by atoms with Crippen molar-refractivity contribution in [3.05, 3.63) is 71.9 Å². The third kappa shape index (κ3) is 4.38. The summed E-state index contributed by atoms with van der Waals surface area (Å²) in [4.78, 5) is 21.6. The van der Waals surface area contributed by atoms with Crippen LogP contribution in [0.2, 0.25) is 0 Å². The number of carbonyl (C=O) groups is 1. The van der Waals surface area contributed by atoms with E-state index in [-0.39, 0.29) is 5.56 Å². The number of pyridine rings is 2. The zero-order chi connectivity index (χ0) is 29.3. The van der Waals surface area contributed by atoms with E-state index in [0.717, 1.165) is 41.1 Å². The van der Waals surface area contributed by atoms with E-state index in [1.165, 1.54) is 38.5 Å². The molecule has 4 aliphatic carbocycles. The molecule has 10 nitrogen and oxygen atoms in total.